The Balaban J connectivity index is 2.25. The summed E-state index contributed by atoms with van der Waals surface area (Å²) in [5.74, 6) is -3.25. The molecule has 2 rings (SSSR count). The maximum atomic E-state index is 12.9. The van der Waals surface area contributed by atoms with Crippen molar-refractivity contribution < 1.29 is 27.2 Å². The van der Waals surface area contributed by atoms with Crippen LogP contribution in [-0.4, -0.2) is 17.9 Å². The van der Waals surface area contributed by atoms with E-state index in [1.807, 2.05) is 0 Å². The van der Waals surface area contributed by atoms with Crippen LogP contribution in [0, 0.1) is 5.82 Å². The van der Waals surface area contributed by atoms with Gasteiger partial charge in [-0.3, -0.25) is 9.59 Å². The van der Waals surface area contributed by atoms with E-state index in [2.05, 4.69) is 0 Å². The van der Waals surface area contributed by atoms with E-state index < -0.39 is 29.7 Å². The van der Waals surface area contributed by atoms with Crippen LogP contribution in [0.15, 0.2) is 18.2 Å². The molecule has 7 heteroatoms. The number of benzene rings is 1. The van der Waals surface area contributed by atoms with E-state index >= 15 is 0 Å². The average molecular weight is 261 g/mol. The maximum absolute atomic E-state index is 12.9. The molecule has 18 heavy (non-hydrogen) atoms. The second-order valence-electron chi connectivity index (χ2n) is 3.88. The highest BCUT2D eigenvalue weighted by molar-refractivity contribution is 6.01. The van der Waals surface area contributed by atoms with Crippen molar-refractivity contribution in [3.63, 3.8) is 0 Å². The van der Waals surface area contributed by atoms with Crippen molar-refractivity contribution in [1.29, 1.82) is 0 Å². The molecule has 0 spiro atoms. The Morgan fingerprint density at radius 2 is 2.00 bits per heavy atom. The number of hydrogen-bond acceptors (Lipinski definition) is 2. The summed E-state index contributed by atoms with van der Waals surface area (Å²) in [6.45, 7) is 0. The predicted molar refractivity (Wildman–Crippen MR) is 52.3 cm³/mol. The lowest BCUT2D eigenvalue weighted by Gasteiger charge is -2.14. The van der Waals surface area contributed by atoms with E-state index in [-0.39, 0.29) is 17.5 Å². The summed E-state index contributed by atoms with van der Waals surface area (Å²) in [5, 5.41) is 1.72. The molecule has 0 aromatic heterocycles. The van der Waals surface area contributed by atoms with Gasteiger partial charge in [0.1, 0.15) is 5.82 Å². The van der Waals surface area contributed by atoms with Gasteiger partial charge in [0.25, 0.3) is 0 Å². The first-order chi connectivity index (χ1) is 8.29. The fraction of sp³-hybridized carbons (Fsp3) is 0.273. The molecule has 0 bridgehead atoms. The van der Waals surface area contributed by atoms with Gasteiger partial charge >= 0.3 is 12.1 Å². The first kappa shape index (κ1) is 12.5. The lowest BCUT2D eigenvalue weighted by Crippen LogP contribution is -2.38. The molecule has 1 amide bonds. The van der Waals surface area contributed by atoms with Crippen LogP contribution in [-0.2, 0) is 4.79 Å². The zero-order valence-corrected chi connectivity index (χ0v) is 8.84. The molecule has 0 saturated carbocycles. The molecule has 3 nitrogen and oxygen atoms in total. The minimum Gasteiger partial charge on any atom is -0.341 e. The minimum absolute atomic E-state index is 0.0162. The predicted octanol–water partition coefficient (Wildman–Crippen LogP) is 2.13. The highest BCUT2D eigenvalue weighted by atomic mass is 19.4. The molecular weight excluding hydrogens is 254 g/mol. The fourth-order valence-electron chi connectivity index (χ4n) is 1.85. The van der Waals surface area contributed by atoms with Crippen molar-refractivity contribution in [3.05, 3.63) is 35.1 Å². The minimum atomic E-state index is -5.01. The van der Waals surface area contributed by atoms with Crippen LogP contribution in [0.1, 0.15) is 28.4 Å². The number of nitrogens with one attached hydrogen (secondary N) is 1. The second kappa shape index (κ2) is 4.08. The van der Waals surface area contributed by atoms with Gasteiger partial charge in [-0.2, -0.15) is 13.2 Å². The normalized spacial score (nSPS) is 18.7. The Morgan fingerprint density at radius 1 is 1.33 bits per heavy atom. The number of rotatable bonds is 1. The molecule has 96 valence electrons. The van der Waals surface area contributed by atoms with Crippen LogP contribution in [0.2, 0.25) is 0 Å². The third-order valence-electron chi connectivity index (χ3n) is 2.64. The molecule has 1 aliphatic carbocycles. The van der Waals surface area contributed by atoms with Crippen LogP contribution < -0.4 is 5.32 Å². The number of carbonyl (C=O) groups excluding carboxylic acids is 2. The van der Waals surface area contributed by atoms with Gasteiger partial charge in [-0.25, -0.2) is 4.39 Å². The number of Topliss-reactive ketones (excluding diaryl/α,β-unsaturated/α-hetero) is 1. The monoisotopic (exact) mass is 261 g/mol. The summed E-state index contributed by atoms with van der Waals surface area (Å²) < 4.78 is 49.1. The summed E-state index contributed by atoms with van der Waals surface area (Å²) >= 11 is 0. The molecule has 0 heterocycles. The van der Waals surface area contributed by atoms with Gasteiger partial charge in [0, 0.05) is 12.0 Å². The summed E-state index contributed by atoms with van der Waals surface area (Å²) in [4.78, 5) is 22.2. The van der Waals surface area contributed by atoms with E-state index in [1.54, 1.807) is 5.32 Å². The Morgan fingerprint density at radius 3 is 2.61 bits per heavy atom. The molecule has 0 saturated heterocycles. The first-order valence-electron chi connectivity index (χ1n) is 4.99. The average Bonchev–Trinajstić information content (AvgIpc) is 2.54. The topological polar surface area (TPSA) is 46.2 Å². The van der Waals surface area contributed by atoms with Gasteiger partial charge in [0.05, 0.1) is 6.04 Å². The number of halogens is 4. The van der Waals surface area contributed by atoms with Gasteiger partial charge in [0.15, 0.2) is 5.78 Å². The number of carbonyl (C=O) groups is 2. The lowest BCUT2D eigenvalue weighted by molar-refractivity contribution is -0.174. The van der Waals surface area contributed by atoms with Crippen molar-refractivity contribution in [3.8, 4) is 0 Å². The van der Waals surface area contributed by atoms with E-state index in [9.17, 15) is 27.2 Å². The molecule has 1 atom stereocenters. The largest absolute Gasteiger partial charge is 0.471 e. The summed E-state index contributed by atoms with van der Waals surface area (Å²) in [6.07, 6.45) is -5.30. The first-order valence-corrected chi connectivity index (χ1v) is 4.99. The third-order valence-corrected chi connectivity index (χ3v) is 2.64. The molecule has 0 radical (unpaired) electrons. The van der Waals surface area contributed by atoms with Gasteiger partial charge in [-0.1, -0.05) is 6.07 Å². The van der Waals surface area contributed by atoms with Crippen LogP contribution in [0.3, 0.4) is 0 Å². The standard InChI is InChI=1S/C11H7F4NO2/c12-5-1-2-6-7(3-5)9(17)4-8(6)16-10(18)11(13,14)15/h1-3,8H,4H2,(H,16,18). The van der Waals surface area contributed by atoms with Crippen molar-refractivity contribution >= 4 is 11.7 Å². The molecule has 1 unspecified atom stereocenters. The highest BCUT2D eigenvalue weighted by Gasteiger charge is 2.41. The Labute approximate surface area is 98.8 Å². The van der Waals surface area contributed by atoms with Gasteiger partial charge in [-0.15, -0.1) is 0 Å². The summed E-state index contributed by atoms with van der Waals surface area (Å²) in [7, 11) is 0. The third kappa shape index (κ3) is 2.20. The van der Waals surface area contributed by atoms with Crippen LogP contribution in [0.5, 0.6) is 0 Å². The maximum Gasteiger partial charge on any atom is 0.471 e. The van der Waals surface area contributed by atoms with Crippen molar-refractivity contribution in [2.45, 2.75) is 18.6 Å². The Kier molecular flexibility index (Phi) is 2.84. The number of fused-ring (bicyclic) bond motifs is 1. The van der Waals surface area contributed by atoms with Crippen molar-refractivity contribution in [2.75, 3.05) is 0 Å². The number of ketones is 1. The molecule has 0 fully saturated rings. The van der Waals surface area contributed by atoms with Crippen LogP contribution >= 0.6 is 0 Å². The molecule has 1 aliphatic rings. The van der Waals surface area contributed by atoms with Crippen LogP contribution in [0.4, 0.5) is 17.6 Å². The van der Waals surface area contributed by atoms with Crippen molar-refractivity contribution in [1.82, 2.24) is 5.32 Å². The number of alkyl halides is 3. The quantitative estimate of drug-likeness (QED) is 0.787. The zero-order chi connectivity index (χ0) is 13.5. The Bertz CT molecular complexity index is 524. The lowest BCUT2D eigenvalue weighted by atomic mass is 10.1. The molecule has 0 aliphatic heterocycles. The summed E-state index contributed by atoms with van der Waals surface area (Å²) in [6, 6.07) is 2.14. The van der Waals surface area contributed by atoms with Gasteiger partial charge < -0.3 is 5.32 Å². The second-order valence-corrected chi connectivity index (χ2v) is 3.88. The van der Waals surface area contributed by atoms with E-state index in [1.165, 1.54) is 6.07 Å². The van der Waals surface area contributed by atoms with E-state index in [4.69, 9.17) is 0 Å². The SMILES string of the molecule is O=C1CC(NC(=O)C(F)(F)F)c2ccc(F)cc21. The van der Waals surface area contributed by atoms with E-state index in [0.717, 1.165) is 12.1 Å². The zero-order valence-electron chi connectivity index (χ0n) is 8.84. The molecule has 1 aromatic rings. The highest BCUT2D eigenvalue weighted by Crippen LogP contribution is 2.32. The molecular formula is C11H7F4NO2. The smallest absolute Gasteiger partial charge is 0.341 e. The fourth-order valence-corrected chi connectivity index (χ4v) is 1.85. The van der Waals surface area contributed by atoms with E-state index in [0.29, 0.717) is 0 Å². The Hall–Kier alpha value is -1.92. The number of hydrogen-bond donors (Lipinski definition) is 1. The molecule has 1 N–H and O–H groups in total. The number of amides is 1. The van der Waals surface area contributed by atoms with Crippen molar-refractivity contribution in [2.24, 2.45) is 0 Å². The van der Waals surface area contributed by atoms with Crippen LogP contribution in [0.25, 0.3) is 0 Å². The summed E-state index contributed by atoms with van der Waals surface area (Å²) in [5.41, 5.74) is 0.224. The van der Waals surface area contributed by atoms with Gasteiger partial charge in [0.2, 0.25) is 0 Å². The van der Waals surface area contributed by atoms with Gasteiger partial charge in [-0.05, 0) is 17.7 Å². The molecule has 1 aromatic carbocycles.